The summed E-state index contributed by atoms with van der Waals surface area (Å²) in [5.74, 6) is 0. The minimum Gasteiger partial charge on any atom is -0.107 e. The van der Waals surface area contributed by atoms with E-state index < -0.39 is 0 Å². The molecule has 0 aromatic rings. The summed E-state index contributed by atoms with van der Waals surface area (Å²) in [5, 5.41) is 0. The van der Waals surface area contributed by atoms with Gasteiger partial charge in [-0.05, 0) is 0 Å². The van der Waals surface area contributed by atoms with Gasteiger partial charge in [0.05, 0.1) is 0 Å². The van der Waals surface area contributed by atoms with Crippen LogP contribution in [-0.2, 0) is 21.1 Å². The summed E-state index contributed by atoms with van der Waals surface area (Å²) in [6, 6.07) is 0. The predicted molar refractivity (Wildman–Crippen MR) is 61.7 cm³/mol. The van der Waals surface area contributed by atoms with Crippen molar-refractivity contribution in [2.24, 2.45) is 0 Å². The molecule has 5 heavy (non-hydrogen) atoms. The molecule has 0 aliphatic heterocycles. The van der Waals surface area contributed by atoms with Gasteiger partial charge in [-0.25, -0.2) is 0 Å². The molecule has 0 aliphatic carbocycles. The fourth-order valence-corrected chi connectivity index (χ4v) is 0. The summed E-state index contributed by atoms with van der Waals surface area (Å²) >= 11 is 0. The third kappa shape index (κ3) is 18.4. The average Bonchev–Trinajstić information content (AvgIpc) is 0. The monoisotopic (exact) mass is 696 g/mol. The zero-order chi connectivity index (χ0) is 0. The first-order valence-electron chi connectivity index (χ1n) is 0. The minimum atomic E-state index is 0. The molecule has 0 aromatic carbocycles. The predicted octanol–water partition coefficient (Wildman–Crippen LogP) is 2.47. The second-order valence-electron chi connectivity index (χ2n) is 0. The van der Waals surface area contributed by atoms with Crippen molar-refractivity contribution in [2.45, 2.75) is 0 Å². The number of halogens is 4. The summed E-state index contributed by atoms with van der Waals surface area (Å²) in [4.78, 5) is 0. The maximum Gasteiger partial charge on any atom is 0 e. The van der Waals surface area contributed by atoms with E-state index in [1.54, 1.807) is 0 Å². The van der Waals surface area contributed by atoms with Crippen molar-refractivity contribution in [3.8, 4) is 0 Å². The molecule has 0 aromatic heterocycles. The molecule has 0 radical (unpaired) electrons. The molecule has 5 heteroatoms. The van der Waals surface area contributed by atoms with Gasteiger partial charge in [-0.15, -0.1) is 95.9 Å². The van der Waals surface area contributed by atoms with Crippen molar-refractivity contribution in [1.29, 1.82) is 0 Å². The van der Waals surface area contributed by atoms with Gasteiger partial charge in [0.2, 0.25) is 0 Å². The Hall–Kier alpha value is 3.61. The van der Waals surface area contributed by atoms with Crippen LogP contribution in [0.2, 0.25) is 0 Å². The van der Waals surface area contributed by atoms with Crippen LogP contribution in [0.15, 0.2) is 0 Å². The Kier molecular flexibility index (Phi) is 195. The summed E-state index contributed by atoms with van der Waals surface area (Å²) in [7, 11) is 0. The van der Waals surface area contributed by atoms with E-state index in [9.17, 15) is 0 Å². The Bertz CT molecular complexity index is 3.61. The topological polar surface area (TPSA) is 0 Å². The Morgan fingerprint density at radius 2 is 0.400 bits per heavy atom. The van der Waals surface area contributed by atoms with Crippen LogP contribution < -0.4 is 0 Å². The standard InChI is InChI=1S/4HI.W/h4*1H;. The molecular weight excluding hydrogens is 691 g/mol. The summed E-state index contributed by atoms with van der Waals surface area (Å²) in [5.41, 5.74) is 0. The molecule has 0 nitrogen and oxygen atoms in total. The molecule has 0 saturated heterocycles. The molecule has 0 amide bonds. The second kappa shape index (κ2) is 25.5. The van der Waals surface area contributed by atoms with Crippen molar-refractivity contribution in [2.75, 3.05) is 0 Å². The maximum absolute atomic E-state index is 0. The van der Waals surface area contributed by atoms with E-state index in [1.165, 1.54) is 0 Å². The zero-order valence-corrected chi connectivity index (χ0v) is 14.3. The Labute approximate surface area is 114 Å². The number of rotatable bonds is 0. The molecule has 0 unspecified atom stereocenters. The average molecular weight is 695 g/mol. The molecule has 0 fully saturated rings. The van der Waals surface area contributed by atoms with E-state index in [0.717, 1.165) is 0 Å². The van der Waals surface area contributed by atoms with Gasteiger partial charge in [0, 0.05) is 21.1 Å². The van der Waals surface area contributed by atoms with Crippen LogP contribution in [0.25, 0.3) is 0 Å². The summed E-state index contributed by atoms with van der Waals surface area (Å²) < 4.78 is 0. The third-order valence-corrected chi connectivity index (χ3v) is 0. The fourth-order valence-electron chi connectivity index (χ4n) is 0. The molecular formula is H4I4W. The van der Waals surface area contributed by atoms with Crippen LogP contribution >= 0.6 is 95.9 Å². The van der Waals surface area contributed by atoms with E-state index in [2.05, 4.69) is 0 Å². The van der Waals surface area contributed by atoms with Gasteiger partial charge in [-0.2, -0.15) is 0 Å². The van der Waals surface area contributed by atoms with Crippen molar-refractivity contribution >= 4 is 95.9 Å². The van der Waals surface area contributed by atoms with Crippen LogP contribution in [-0.4, -0.2) is 0 Å². The number of hydrogen-bond donors (Lipinski definition) is 0. The van der Waals surface area contributed by atoms with Gasteiger partial charge in [-0.1, -0.05) is 0 Å². The first kappa shape index (κ1) is 38.3. The largest absolute Gasteiger partial charge is 0.107 e. The van der Waals surface area contributed by atoms with Gasteiger partial charge in [-0.3, -0.25) is 0 Å². The Morgan fingerprint density at radius 3 is 0.400 bits per heavy atom. The molecule has 0 saturated carbocycles. The van der Waals surface area contributed by atoms with E-state index >= 15 is 0 Å². The normalized spacial score (nSPS) is 0. The van der Waals surface area contributed by atoms with Gasteiger partial charge in [0.1, 0.15) is 0 Å². The molecule has 0 heterocycles. The van der Waals surface area contributed by atoms with Gasteiger partial charge >= 0.3 is 0 Å². The maximum atomic E-state index is 0. The molecule has 0 aliphatic rings. The van der Waals surface area contributed by atoms with E-state index in [-0.39, 0.29) is 117 Å². The van der Waals surface area contributed by atoms with Crippen molar-refractivity contribution < 1.29 is 21.1 Å². The van der Waals surface area contributed by atoms with Crippen molar-refractivity contribution in [3.05, 3.63) is 0 Å². The smallest absolute Gasteiger partial charge is 0 e. The summed E-state index contributed by atoms with van der Waals surface area (Å²) in [6.07, 6.45) is 0. The first-order chi connectivity index (χ1) is 0. The minimum absolute atomic E-state index is 0. The van der Waals surface area contributed by atoms with E-state index in [1.807, 2.05) is 0 Å². The third-order valence-electron chi connectivity index (χ3n) is 0. The quantitative estimate of drug-likeness (QED) is 0.342. The van der Waals surface area contributed by atoms with Gasteiger partial charge in [0.15, 0.2) is 0 Å². The van der Waals surface area contributed by atoms with Crippen molar-refractivity contribution in [1.82, 2.24) is 0 Å². The Balaban J connectivity index is 0. The van der Waals surface area contributed by atoms with Crippen LogP contribution in [0, 0.1) is 0 Å². The molecule has 0 spiro atoms. The van der Waals surface area contributed by atoms with Crippen LogP contribution in [0.5, 0.6) is 0 Å². The molecule has 0 atom stereocenters. The SMILES string of the molecule is I.I.I.I.[W]. The van der Waals surface area contributed by atoms with Gasteiger partial charge in [0.25, 0.3) is 0 Å². The number of hydrogen-bond acceptors (Lipinski definition) is 0. The molecule has 0 N–H and O–H groups in total. The molecule has 38 valence electrons. The van der Waals surface area contributed by atoms with Gasteiger partial charge < -0.3 is 0 Å². The molecule has 0 bridgehead atoms. The van der Waals surface area contributed by atoms with E-state index in [4.69, 9.17) is 0 Å². The Morgan fingerprint density at radius 1 is 0.400 bits per heavy atom. The summed E-state index contributed by atoms with van der Waals surface area (Å²) in [6.45, 7) is 0. The zero-order valence-electron chi connectivity index (χ0n) is 2.04. The second-order valence-corrected chi connectivity index (χ2v) is 0. The fraction of sp³-hybridized carbons (Fsp3) is 0. The van der Waals surface area contributed by atoms with Crippen LogP contribution in [0.4, 0.5) is 0 Å². The van der Waals surface area contributed by atoms with Crippen molar-refractivity contribution in [3.63, 3.8) is 0 Å². The van der Waals surface area contributed by atoms with Crippen LogP contribution in [0.1, 0.15) is 0 Å². The molecule has 0 rings (SSSR count). The van der Waals surface area contributed by atoms with E-state index in [0.29, 0.717) is 0 Å². The first-order valence-corrected chi connectivity index (χ1v) is 0. The van der Waals surface area contributed by atoms with Crippen LogP contribution in [0.3, 0.4) is 0 Å².